The Morgan fingerprint density at radius 1 is 0.831 bits per heavy atom. The number of carbonyl (C=O) groups is 4. The van der Waals surface area contributed by atoms with Gasteiger partial charge in [-0.15, -0.1) is 0 Å². The molecule has 0 saturated heterocycles. The smallest absolute Gasteiger partial charge is 0.278 e. The Morgan fingerprint density at radius 2 is 1.44 bits per heavy atom. The summed E-state index contributed by atoms with van der Waals surface area (Å²) in [6.45, 7) is 3.72. The number of phenols is 1. The number of aryl methyl sites for hydroxylation is 2. The number of anilines is 1. The quantitative estimate of drug-likeness (QED) is 0.0859. The van der Waals surface area contributed by atoms with Crippen LogP contribution in [0.2, 0.25) is 0 Å². The number of imidazole rings is 1. The number of primary amides is 1. The fraction of sp³-hybridized carbons (Fsp3) is 0.250. The number of benzene rings is 4. The predicted octanol–water partition coefficient (Wildman–Crippen LogP) is 2.89. The second kappa shape index (κ2) is 17.5. The summed E-state index contributed by atoms with van der Waals surface area (Å²) in [7, 11) is 0. The van der Waals surface area contributed by atoms with E-state index >= 15 is 4.79 Å². The largest absolute Gasteiger partial charge is 0.508 e. The third kappa shape index (κ3) is 9.31. The number of nitrogens with one attached hydrogen (secondary N) is 5. The van der Waals surface area contributed by atoms with Gasteiger partial charge in [-0.2, -0.15) is 4.98 Å². The van der Waals surface area contributed by atoms with E-state index in [9.17, 15) is 24.3 Å². The van der Waals surface area contributed by atoms with Crippen LogP contribution < -0.4 is 27.2 Å². The zero-order valence-corrected chi connectivity index (χ0v) is 32.6. The van der Waals surface area contributed by atoms with Crippen molar-refractivity contribution in [2.75, 3.05) is 5.32 Å². The Kier molecular flexibility index (Phi) is 11.8. The summed E-state index contributed by atoms with van der Waals surface area (Å²) in [4.78, 5) is 84.9. The van der Waals surface area contributed by atoms with Crippen LogP contribution in [0.1, 0.15) is 38.9 Å². The van der Waals surface area contributed by atoms with Crippen molar-refractivity contribution in [2.45, 2.75) is 70.2 Å². The van der Waals surface area contributed by atoms with E-state index in [2.05, 4.69) is 35.9 Å². The van der Waals surface area contributed by atoms with Gasteiger partial charge in [0.05, 0.1) is 6.33 Å². The number of phenolic OH excluding ortho intramolecular Hbond substituents is 1. The number of amides is 4. The molecule has 15 nitrogen and oxygen atoms in total. The molecule has 0 saturated carbocycles. The molecule has 0 radical (unpaired) electrons. The zero-order valence-electron chi connectivity index (χ0n) is 32.6. The number of aromatic hydroxyl groups is 1. The lowest BCUT2D eigenvalue weighted by molar-refractivity contribution is -0.143. The molecule has 0 fully saturated rings. The molecule has 0 aliphatic carbocycles. The first-order valence-corrected chi connectivity index (χ1v) is 19.3. The molecule has 1 aliphatic heterocycles. The van der Waals surface area contributed by atoms with Gasteiger partial charge in [0.1, 0.15) is 29.9 Å². The number of hydrogen-bond acceptors (Lipinski definition) is 9. The summed E-state index contributed by atoms with van der Waals surface area (Å²) >= 11 is 0. The molecule has 2 aromatic heterocycles. The maximum absolute atomic E-state index is 15.1. The summed E-state index contributed by atoms with van der Waals surface area (Å²) in [6.07, 6.45) is 1.83. The molecule has 3 heterocycles. The number of aromatic amines is 2. The van der Waals surface area contributed by atoms with Crippen LogP contribution in [0.15, 0.2) is 108 Å². The Balaban J connectivity index is 1.22. The summed E-state index contributed by atoms with van der Waals surface area (Å²) < 4.78 is 0. The van der Waals surface area contributed by atoms with Gasteiger partial charge >= 0.3 is 0 Å². The van der Waals surface area contributed by atoms with Crippen molar-refractivity contribution in [1.82, 2.24) is 35.5 Å². The lowest BCUT2D eigenvalue weighted by Crippen LogP contribution is -2.60. The number of aromatic nitrogens is 4. The molecule has 0 spiro atoms. The lowest BCUT2D eigenvalue weighted by Gasteiger charge is -2.39. The molecule has 6 aromatic rings. The topological polar surface area (TPSA) is 228 Å². The Labute approximate surface area is 339 Å². The highest BCUT2D eigenvalue weighted by Crippen LogP contribution is 2.28. The van der Waals surface area contributed by atoms with Gasteiger partial charge < -0.3 is 36.7 Å². The van der Waals surface area contributed by atoms with Gasteiger partial charge in [0.15, 0.2) is 11.2 Å². The highest BCUT2D eigenvalue weighted by Gasteiger charge is 2.39. The van der Waals surface area contributed by atoms with Crippen molar-refractivity contribution in [3.05, 3.63) is 153 Å². The minimum Gasteiger partial charge on any atom is -0.508 e. The molecule has 1 unspecified atom stereocenters. The highest BCUT2D eigenvalue weighted by atomic mass is 16.3. The average Bonchev–Trinajstić information content (AvgIpc) is 3.70. The lowest BCUT2D eigenvalue weighted by atomic mass is 9.91. The van der Waals surface area contributed by atoms with E-state index in [-0.39, 0.29) is 55.1 Å². The Hall–Kier alpha value is -7.29. The average molecular weight is 796 g/mol. The SMILES string of the molecule is Cc1cc(O)cc(C)c1C[C@H](Nc1nc2nc[nH]c2c(=O)[nH]1)C(=O)N1Cc2ccccc2CC1C(=O)N[C@@H](Cc1ccccc1)C(=O)N[C@@H](Cc1ccccc1)C(N)=O. The second-order valence-electron chi connectivity index (χ2n) is 14.8. The number of hydrogen-bond donors (Lipinski definition) is 7. The summed E-state index contributed by atoms with van der Waals surface area (Å²) in [5, 5.41) is 19.1. The highest BCUT2D eigenvalue weighted by molar-refractivity contribution is 5.96. The van der Waals surface area contributed by atoms with Crippen molar-refractivity contribution < 1.29 is 24.3 Å². The van der Waals surface area contributed by atoms with Crippen LogP contribution in [-0.2, 0) is 51.4 Å². The van der Waals surface area contributed by atoms with Crippen LogP contribution in [0.25, 0.3) is 11.2 Å². The summed E-state index contributed by atoms with van der Waals surface area (Å²) in [5.74, 6) is -2.32. The number of nitrogens with two attached hydrogens (primary N) is 1. The van der Waals surface area contributed by atoms with E-state index in [4.69, 9.17) is 5.73 Å². The fourth-order valence-corrected chi connectivity index (χ4v) is 7.63. The zero-order chi connectivity index (χ0) is 41.6. The van der Waals surface area contributed by atoms with Crippen LogP contribution in [0, 0.1) is 13.8 Å². The number of rotatable bonds is 14. The fourth-order valence-electron chi connectivity index (χ4n) is 7.63. The van der Waals surface area contributed by atoms with E-state index in [1.165, 1.54) is 11.2 Å². The minimum atomic E-state index is -1.15. The number of nitrogens with zero attached hydrogens (tertiary/aromatic N) is 3. The van der Waals surface area contributed by atoms with Gasteiger partial charge in [-0.1, -0.05) is 84.9 Å². The van der Waals surface area contributed by atoms with Crippen molar-refractivity contribution in [3.8, 4) is 5.75 Å². The molecule has 15 heteroatoms. The number of fused-ring (bicyclic) bond motifs is 2. The molecular weight excluding hydrogens is 751 g/mol. The summed E-state index contributed by atoms with van der Waals surface area (Å²) in [6, 6.07) is 24.7. The Bertz CT molecular complexity index is 2530. The minimum absolute atomic E-state index is 0.000417. The van der Waals surface area contributed by atoms with Gasteiger partial charge in [-0.3, -0.25) is 29.0 Å². The van der Waals surface area contributed by atoms with Crippen molar-refractivity contribution in [2.24, 2.45) is 5.73 Å². The van der Waals surface area contributed by atoms with Gasteiger partial charge in [-0.05, 0) is 64.9 Å². The monoisotopic (exact) mass is 795 g/mol. The molecule has 4 aromatic carbocycles. The van der Waals surface area contributed by atoms with E-state index in [0.717, 1.165) is 38.9 Å². The van der Waals surface area contributed by atoms with Crippen LogP contribution in [-0.4, -0.2) is 77.7 Å². The number of carbonyl (C=O) groups excluding carboxylic acids is 4. The van der Waals surface area contributed by atoms with Gasteiger partial charge in [-0.25, -0.2) is 4.98 Å². The van der Waals surface area contributed by atoms with Crippen molar-refractivity contribution in [1.29, 1.82) is 0 Å². The molecule has 8 N–H and O–H groups in total. The molecule has 0 bridgehead atoms. The molecule has 302 valence electrons. The second-order valence-corrected chi connectivity index (χ2v) is 14.8. The molecule has 4 amide bonds. The third-order valence-electron chi connectivity index (χ3n) is 10.7. The first-order valence-electron chi connectivity index (χ1n) is 19.3. The maximum atomic E-state index is 15.1. The maximum Gasteiger partial charge on any atom is 0.278 e. The van der Waals surface area contributed by atoms with Crippen molar-refractivity contribution >= 4 is 40.7 Å². The van der Waals surface area contributed by atoms with Crippen LogP contribution in [0.3, 0.4) is 0 Å². The molecule has 59 heavy (non-hydrogen) atoms. The first-order chi connectivity index (χ1) is 28.4. The predicted molar refractivity (Wildman–Crippen MR) is 221 cm³/mol. The molecule has 7 rings (SSSR count). The summed E-state index contributed by atoms with van der Waals surface area (Å²) in [5.41, 5.74) is 11.1. The standard InChI is InChI=1S/C44H45N9O6/c1-25-17-31(54)18-26(2)32(25)22-35(50-44-51-39-37(42(58)52-44)46-24-47-39)43(59)53-23-30-16-10-9-15-29(30)21-36(53)41(57)49-34(20-28-13-7-4-8-14-28)40(56)48-33(38(45)55)19-27-11-5-3-6-12-27/h3-18,24,33-36,54H,19-23H2,1-2H3,(H2,45,55)(H,48,56)(H,49,57)(H3,46,47,50,51,52,58)/t33-,34-,35-,36?/m0/s1. The van der Waals surface area contributed by atoms with Gasteiger partial charge in [0, 0.05) is 32.2 Å². The Morgan fingerprint density at radius 3 is 2.08 bits per heavy atom. The normalized spacial score (nSPS) is 15.1. The van der Waals surface area contributed by atoms with Crippen molar-refractivity contribution in [3.63, 3.8) is 0 Å². The van der Waals surface area contributed by atoms with Gasteiger partial charge in [0.25, 0.3) is 5.56 Å². The van der Waals surface area contributed by atoms with E-state index in [1.54, 1.807) is 12.1 Å². The van der Waals surface area contributed by atoms with Gasteiger partial charge in [0.2, 0.25) is 29.6 Å². The van der Waals surface area contributed by atoms with Crippen LogP contribution in [0.4, 0.5) is 5.95 Å². The van der Waals surface area contributed by atoms with E-state index in [0.29, 0.717) is 0 Å². The molecule has 4 atom stereocenters. The van der Waals surface area contributed by atoms with Crippen LogP contribution in [0.5, 0.6) is 5.75 Å². The number of H-pyrrole nitrogens is 2. The molecule has 1 aliphatic rings. The van der Waals surface area contributed by atoms with E-state index < -0.39 is 53.4 Å². The van der Waals surface area contributed by atoms with E-state index in [1.807, 2.05) is 98.8 Å². The van der Waals surface area contributed by atoms with Crippen LogP contribution >= 0.6 is 0 Å². The third-order valence-corrected chi connectivity index (χ3v) is 10.7. The molecular formula is C44H45N9O6. The first kappa shape index (κ1) is 39.9.